The summed E-state index contributed by atoms with van der Waals surface area (Å²) in [4.78, 5) is 11.6. The molecule has 1 aromatic carbocycles. The second kappa shape index (κ2) is 5.50. The fourth-order valence-corrected chi connectivity index (χ4v) is 2.85. The number of carbonyl (C=O) groups is 1. The monoisotopic (exact) mass is 313 g/mol. The van der Waals surface area contributed by atoms with Gasteiger partial charge in [0.1, 0.15) is 5.75 Å². The highest BCUT2D eigenvalue weighted by atomic mass is 35.5. The first-order valence-corrected chi connectivity index (χ1v) is 7.34. The number of aldehydes is 1. The standard InChI is InChI=1S/C18H16ClNO2/c1-11-4-5-20-13(6-11)8-14(17(20)10-21)15-9-16(19)12(2)7-18(15)22-3/h4-10H,1-3H3. The van der Waals surface area contributed by atoms with Crippen LogP contribution in [0.1, 0.15) is 21.6 Å². The van der Waals surface area contributed by atoms with Gasteiger partial charge in [-0.2, -0.15) is 0 Å². The summed E-state index contributed by atoms with van der Waals surface area (Å²) >= 11 is 6.26. The van der Waals surface area contributed by atoms with Crippen LogP contribution in [0.25, 0.3) is 16.6 Å². The van der Waals surface area contributed by atoms with Crippen LogP contribution in [0, 0.1) is 13.8 Å². The number of aryl methyl sites for hydroxylation is 2. The van der Waals surface area contributed by atoms with Crippen LogP contribution in [-0.4, -0.2) is 17.8 Å². The molecule has 0 aliphatic heterocycles. The van der Waals surface area contributed by atoms with Gasteiger partial charge in [-0.1, -0.05) is 11.6 Å². The zero-order chi connectivity index (χ0) is 15.9. The topological polar surface area (TPSA) is 30.7 Å². The molecule has 3 nitrogen and oxygen atoms in total. The van der Waals surface area contributed by atoms with Gasteiger partial charge in [0.25, 0.3) is 0 Å². The summed E-state index contributed by atoms with van der Waals surface area (Å²) in [5, 5.41) is 0.652. The molecule has 0 radical (unpaired) electrons. The fourth-order valence-electron chi connectivity index (χ4n) is 2.68. The van der Waals surface area contributed by atoms with Crippen LogP contribution < -0.4 is 4.74 Å². The number of benzene rings is 1. The molecule has 0 saturated heterocycles. The van der Waals surface area contributed by atoms with E-state index < -0.39 is 0 Å². The zero-order valence-electron chi connectivity index (χ0n) is 12.7. The summed E-state index contributed by atoms with van der Waals surface area (Å²) in [7, 11) is 1.62. The lowest BCUT2D eigenvalue weighted by Crippen LogP contribution is -1.95. The normalized spacial score (nSPS) is 10.9. The fraction of sp³-hybridized carbons (Fsp3) is 0.167. The van der Waals surface area contributed by atoms with Crippen molar-refractivity contribution in [3.05, 3.63) is 58.4 Å². The minimum atomic E-state index is 0.591. The lowest BCUT2D eigenvalue weighted by Gasteiger charge is -2.10. The summed E-state index contributed by atoms with van der Waals surface area (Å²) in [6.07, 6.45) is 2.77. The van der Waals surface area contributed by atoms with Crippen molar-refractivity contribution in [3.8, 4) is 16.9 Å². The van der Waals surface area contributed by atoms with E-state index >= 15 is 0 Å². The Morgan fingerprint density at radius 3 is 2.59 bits per heavy atom. The Kier molecular flexibility index (Phi) is 3.67. The lowest BCUT2D eigenvalue weighted by molar-refractivity contribution is 0.111. The van der Waals surface area contributed by atoms with E-state index in [1.54, 1.807) is 7.11 Å². The molecule has 4 heteroatoms. The molecular weight excluding hydrogens is 298 g/mol. The van der Waals surface area contributed by atoms with Gasteiger partial charge in [-0.15, -0.1) is 0 Å². The Morgan fingerprint density at radius 1 is 1.14 bits per heavy atom. The molecule has 0 fully saturated rings. The minimum Gasteiger partial charge on any atom is -0.496 e. The van der Waals surface area contributed by atoms with Gasteiger partial charge in [-0.25, -0.2) is 0 Å². The van der Waals surface area contributed by atoms with Crippen LogP contribution in [0.3, 0.4) is 0 Å². The van der Waals surface area contributed by atoms with Gasteiger partial charge in [-0.05, 0) is 55.3 Å². The number of aromatic nitrogens is 1. The van der Waals surface area contributed by atoms with Crippen LogP contribution in [-0.2, 0) is 0 Å². The van der Waals surface area contributed by atoms with Gasteiger partial charge in [0.05, 0.1) is 12.8 Å². The number of carbonyl (C=O) groups excluding carboxylic acids is 1. The number of nitrogens with zero attached hydrogens (tertiary/aromatic N) is 1. The first-order chi connectivity index (χ1) is 10.5. The highest BCUT2D eigenvalue weighted by molar-refractivity contribution is 6.31. The minimum absolute atomic E-state index is 0.591. The molecule has 0 N–H and O–H groups in total. The van der Waals surface area contributed by atoms with E-state index in [1.165, 1.54) is 0 Å². The van der Waals surface area contributed by atoms with Crippen molar-refractivity contribution in [1.29, 1.82) is 0 Å². The summed E-state index contributed by atoms with van der Waals surface area (Å²) < 4.78 is 7.35. The summed E-state index contributed by atoms with van der Waals surface area (Å²) in [6, 6.07) is 9.74. The van der Waals surface area contributed by atoms with E-state index in [0.29, 0.717) is 16.5 Å². The maximum absolute atomic E-state index is 11.6. The quantitative estimate of drug-likeness (QED) is 0.656. The van der Waals surface area contributed by atoms with E-state index in [9.17, 15) is 4.79 Å². The van der Waals surface area contributed by atoms with Crippen LogP contribution in [0.4, 0.5) is 0 Å². The van der Waals surface area contributed by atoms with Crippen molar-refractivity contribution in [2.75, 3.05) is 7.11 Å². The Bertz CT molecular complexity index is 880. The van der Waals surface area contributed by atoms with E-state index in [-0.39, 0.29) is 0 Å². The molecule has 22 heavy (non-hydrogen) atoms. The van der Waals surface area contributed by atoms with Crippen molar-refractivity contribution in [1.82, 2.24) is 4.40 Å². The van der Waals surface area contributed by atoms with Gasteiger partial charge in [-0.3, -0.25) is 4.79 Å². The molecule has 0 unspecified atom stereocenters. The van der Waals surface area contributed by atoms with Crippen molar-refractivity contribution in [2.24, 2.45) is 0 Å². The Balaban J connectivity index is 2.35. The van der Waals surface area contributed by atoms with Crippen molar-refractivity contribution < 1.29 is 9.53 Å². The molecule has 3 aromatic rings. The van der Waals surface area contributed by atoms with E-state index in [0.717, 1.165) is 34.1 Å². The summed E-state index contributed by atoms with van der Waals surface area (Å²) in [5.41, 5.74) is 5.28. The number of rotatable bonds is 3. The average Bonchev–Trinajstić information content (AvgIpc) is 2.86. The third-order valence-corrected chi connectivity index (χ3v) is 4.26. The van der Waals surface area contributed by atoms with Gasteiger partial charge >= 0.3 is 0 Å². The number of hydrogen-bond acceptors (Lipinski definition) is 2. The number of hydrogen-bond donors (Lipinski definition) is 0. The highest BCUT2D eigenvalue weighted by Crippen LogP contribution is 2.37. The molecule has 112 valence electrons. The maximum atomic E-state index is 11.6. The molecule has 0 atom stereocenters. The van der Waals surface area contributed by atoms with Gasteiger partial charge in [0, 0.05) is 27.9 Å². The van der Waals surface area contributed by atoms with Crippen molar-refractivity contribution in [3.63, 3.8) is 0 Å². The highest BCUT2D eigenvalue weighted by Gasteiger charge is 2.16. The number of fused-ring (bicyclic) bond motifs is 1. The van der Waals surface area contributed by atoms with Crippen molar-refractivity contribution >= 4 is 23.4 Å². The van der Waals surface area contributed by atoms with Crippen LogP contribution in [0.2, 0.25) is 5.02 Å². The van der Waals surface area contributed by atoms with Crippen LogP contribution in [0.5, 0.6) is 5.75 Å². The smallest absolute Gasteiger partial charge is 0.167 e. The SMILES string of the molecule is COc1cc(C)c(Cl)cc1-c1cc2cc(C)ccn2c1C=O. The molecule has 0 bridgehead atoms. The van der Waals surface area contributed by atoms with E-state index in [2.05, 4.69) is 0 Å². The molecule has 2 heterocycles. The Morgan fingerprint density at radius 2 is 1.91 bits per heavy atom. The van der Waals surface area contributed by atoms with Crippen LogP contribution >= 0.6 is 11.6 Å². The summed E-state index contributed by atoms with van der Waals surface area (Å²) in [5.74, 6) is 0.706. The maximum Gasteiger partial charge on any atom is 0.167 e. The number of ether oxygens (including phenoxy) is 1. The molecule has 0 aliphatic carbocycles. The lowest BCUT2D eigenvalue weighted by atomic mass is 10.0. The van der Waals surface area contributed by atoms with Gasteiger partial charge in [0.15, 0.2) is 6.29 Å². The van der Waals surface area contributed by atoms with E-state index in [4.69, 9.17) is 16.3 Å². The second-order valence-electron chi connectivity index (χ2n) is 5.36. The first-order valence-electron chi connectivity index (χ1n) is 6.96. The van der Waals surface area contributed by atoms with Crippen molar-refractivity contribution in [2.45, 2.75) is 13.8 Å². The Hall–Kier alpha value is -2.26. The molecule has 0 amide bonds. The van der Waals surface area contributed by atoms with Gasteiger partial charge < -0.3 is 9.14 Å². The van der Waals surface area contributed by atoms with E-state index in [1.807, 2.05) is 54.8 Å². The first kappa shape index (κ1) is 14.7. The van der Waals surface area contributed by atoms with Gasteiger partial charge in [0.2, 0.25) is 0 Å². The molecule has 0 aliphatic rings. The third-order valence-electron chi connectivity index (χ3n) is 3.85. The zero-order valence-corrected chi connectivity index (χ0v) is 13.4. The second-order valence-corrected chi connectivity index (χ2v) is 5.77. The molecule has 0 saturated carbocycles. The molecule has 2 aromatic heterocycles. The molecule has 0 spiro atoms. The Labute approximate surface area is 134 Å². The molecular formula is C18H16ClNO2. The largest absolute Gasteiger partial charge is 0.496 e. The number of methoxy groups -OCH3 is 1. The van der Waals surface area contributed by atoms with Crippen LogP contribution in [0.15, 0.2) is 36.5 Å². The summed E-state index contributed by atoms with van der Waals surface area (Å²) in [6.45, 7) is 3.95. The number of pyridine rings is 1. The average molecular weight is 314 g/mol. The predicted molar refractivity (Wildman–Crippen MR) is 89.3 cm³/mol. The molecule has 3 rings (SSSR count). The number of halogens is 1. The predicted octanol–water partition coefficient (Wildman–Crippen LogP) is 4.70. The third kappa shape index (κ3) is 2.28.